The highest BCUT2D eigenvalue weighted by atomic mass is 32.1. The summed E-state index contributed by atoms with van der Waals surface area (Å²) in [5, 5.41) is 11.6. The van der Waals surface area contributed by atoms with Crippen LogP contribution in [-0.4, -0.2) is 11.1 Å². The van der Waals surface area contributed by atoms with E-state index in [1.54, 1.807) is 18.3 Å². The molecule has 0 aliphatic heterocycles. The average Bonchev–Trinajstić information content (AvgIpc) is 2.72. The molecule has 0 spiro atoms. The number of carboxylic acid groups (broad SMARTS) is 1. The number of nitrogens with one attached hydrogen (secondary N) is 1. The maximum absolute atomic E-state index is 13.9. The normalized spacial score (nSPS) is 12.2. The molecule has 0 saturated carbocycles. The van der Waals surface area contributed by atoms with Gasteiger partial charge in [-0.2, -0.15) is 0 Å². The molecule has 6 heteroatoms. The molecule has 1 unspecified atom stereocenters. The molecule has 1 atom stereocenters. The Labute approximate surface area is 125 Å². The lowest BCUT2D eigenvalue weighted by Crippen LogP contribution is -2.11. The van der Waals surface area contributed by atoms with Gasteiger partial charge in [0.05, 0.1) is 5.56 Å². The summed E-state index contributed by atoms with van der Waals surface area (Å²) in [6.07, 6.45) is 0. The summed E-state index contributed by atoms with van der Waals surface area (Å²) in [4.78, 5) is 13.0. The Morgan fingerprint density at radius 2 is 1.81 bits per heavy atom. The standard InChI is InChI=1S/C15H15F2NO2S/c1-7-4-11(9(3)21-7)8(2)18-14-12(16)5-10(15(19)20)6-13(14)17/h4-6,8,18H,1-3H3,(H,19,20). The number of thiophene rings is 1. The van der Waals surface area contributed by atoms with Crippen molar-refractivity contribution in [1.29, 1.82) is 0 Å². The van der Waals surface area contributed by atoms with Crippen LogP contribution in [0, 0.1) is 25.5 Å². The lowest BCUT2D eigenvalue weighted by Gasteiger charge is -2.17. The van der Waals surface area contributed by atoms with Crippen LogP contribution in [0.3, 0.4) is 0 Å². The van der Waals surface area contributed by atoms with Gasteiger partial charge in [0.15, 0.2) is 0 Å². The maximum atomic E-state index is 13.9. The lowest BCUT2D eigenvalue weighted by atomic mass is 10.1. The van der Waals surface area contributed by atoms with Gasteiger partial charge in [0, 0.05) is 15.8 Å². The Kier molecular flexibility index (Phi) is 4.27. The van der Waals surface area contributed by atoms with E-state index in [1.165, 1.54) is 0 Å². The summed E-state index contributed by atoms with van der Waals surface area (Å²) in [6, 6.07) is 3.31. The predicted octanol–water partition coefficient (Wildman–Crippen LogP) is 4.51. The van der Waals surface area contributed by atoms with Gasteiger partial charge in [-0.3, -0.25) is 0 Å². The smallest absolute Gasteiger partial charge is 0.335 e. The largest absolute Gasteiger partial charge is 0.478 e. The van der Waals surface area contributed by atoms with Crippen LogP contribution in [0.25, 0.3) is 0 Å². The Bertz CT molecular complexity index is 674. The van der Waals surface area contributed by atoms with Crippen molar-refractivity contribution in [2.45, 2.75) is 26.8 Å². The minimum atomic E-state index is -1.36. The number of benzene rings is 1. The summed E-state index contributed by atoms with van der Waals surface area (Å²) in [7, 11) is 0. The zero-order valence-corrected chi connectivity index (χ0v) is 12.6. The van der Waals surface area contributed by atoms with Crippen LogP contribution in [0.5, 0.6) is 0 Å². The highest BCUT2D eigenvalue weighted by molar-refractivity contribution is 7.12. The van der Waals surface area contributed by atoms with Crippen molar-refractivity contribution in [3.63, 3.8) is 0 Å². The van der Waals surface area contributed by atoms with Gasteiger partial charge in [-0.25, -0.2) is 13.6 Å². The van der Waals surface area contributed by atoms with Crippen LogP contribution >= 0.6 is 11.3 Å². The van der Waals surface area contributed by atoms with Gasteiger partial charge >= 0.3 is 5.97 Å². The molecule has 0 saturated heterocycles. The van der Waals surface area contributed by atoms with Crippen molar-refractivity contribution in [3.05, 3.63) is 50.7 Å². The van der Waals surface area contributed by atoms with Crippen molar-refractivity contribution in [1.82, 2.24) is 0 Å². The molecule has 2 rings (SSSR count). The number of hydrogen-bond acceptors (Lipinski definition) is 3. The molecule has 3 nitrogen and oxygen atoms in total. The summed E-state index contributed by atoms with van der Waals surface area (Å²) in [5.74, 6) is -3.19. The summed E-state index contributed by atoms with van der Waals surface area (Å²) < 4.78 is 27.8. The molecule has 0 aliphatic rings. The molecule has 2 N–H and O–H groups in total. The minimum Gasteiger partial charge on any atom is -0.478 e. The Hall–Kier alpha value is -1.95. The first-order valence-corrected chi connectivity index (χ1v) is 7.17. The number of rotatable bonds is 4. The van der Waals surface area contributed by atoms with E-state index in [9.17, 15) is 13.6 Å². The molecule has 1 aromatic carbocycles. The molecule has 0 bridgehead atoms. The van der Waals surface area contributed by atoms with Gasteiger partial charge in [0.2, 0.25) is 0 Å². The van der Waals surface area contributed by atoms with Crippen LogP contribution in [0.2, 0.25) is 0 Å². The highest BCUT2D eigenvalue weighted by Gasteiger charge is 2.18. The Morgan fingerprint density at radius 1 is 1.24 bits per heavy atom. The number of carboxylic acids is 1. The fourth-order valence-corrected chi connectivity index (χ4v) is 3.23. The van der Waals surface area contributed by atoms with Crippen molar-refractivity contribution in [3.8, 4) is 0 Å². The molecule has 0 fully saturated rings. The first-order valence-electron chi connectivity index (χ1n) is 6.35. The molecule has 112 valence electrons. The minimum absolute atomic E-state index is 0.283. The molecule has 1 aromatic heterocycles. The second-order valence-electron chi connectivity index (χ2n) is 4.85. The van der Waals surface area contributed by atoms with Crippen LogP contribution < -0.4 is 5.32 Å². The summed E-state index contributed by atoms with van der Waals surface area (Å²) in [5.41, 5.74) is 0.250. The fraction of sp³-hybridized carbons (Fsp3) is 0.267. The third-order valence-electron chi connectivity index (χ3n) is 3.20. The van der Waals surface area contributed by atoms with E-state index in [4.69, 9.17) is 5.11 Å². The summed E-state index contributed by atoms with van der Waals surface area (Å²) in [6.45, 7) is 5.72. The monoisotopic (exact) mass is 311 g/mol. The molecule has 0 radical (unpaired) electrons. The first-order chi connectivity index (χ1) is 9.79. The first kappa shape index (κ1) is 15.4. The fourth-order valence-electron chi connectivity index (χ4n) is 2.21. The van der Waals surface area contributed by atoms with Gasteiger partial charge in [-0.1, -0.05) is 0 Å². The van der Waals surface area contributed by atoms with Crippen LogP contribution in [0.4, 0.5) is 14.5 Å². The number of anilines is 1. The predicted molar refractivity (Wildman–Crippen MR) is 79.1 cm³/mol. The van der Waals surface area contributed by atoms with Crippen molar-refractivity contribution in [2.24, 2.45) is 0 Å². The molecular weight excluding hydrogens is 296 g/mol. The van der Waals surface area contributed by atoms with Crippen molar-refractivity contribution in [2.75, 3.05) is 5.32 Å². The third kappa shape index (κ3) is 3.21. The highest BCUT2D eigenvalue weighted by Crippen LogP contribution is 2.30. The van der Waals surface area contributed by atoms with Crippen LogP contribution in [0.15, 0.2) is 18.2 Å². The summed E-state index contributed by atoms with van der Waals surface area (Å²) >= 11 is 1.62. The Morgan fingerprint density at radius 3 is 2.24 bits per heavy atom. The average molecular weight is 311 g/mol. The molecular formula is C15H15F2NO2S. The number of carbonyl (C=O) groups is 1. The number of halogens is 2. The number of aromatic carboxylic acids is 1. The molecule has 0 aliphatic carbocycles. The SMILES string of the molecule is Cc1cc(C(C)Nc2c(F)cc(C(=O)O)cc2F)c(C)s1. The van der Waals surface area contributed by atoms with Gasteiger partial charge in [-0.15, -0.1) is 11.3 Å². The topological polar surface area (TPSA) is 49.3 Å². The number of aryl methyl sites for hydroxylation is 2. The van der Waals surface area contributed by atoms with E-state index in [-0.39, 0.29) is 11.7 Å². The quantitative estimate of drug-likeness (QED) is 0.873. The van der Waals surface area contributed by atoms with E-state index < -0.39 is 23.2 Å². The van der Waals surface area contributed by atoms with Crippen LogP contribution in [-0.2, 0) is 0 Å². The van der Waals surface area contributed by atoms with E-state index in [0.29, 0.717) is 0 Å². The van der Waals surface area contributed by atoms with E-state index in [2.05, 4.69) is 5.32 Å². The van der Waals surface area contributed by atoms with Crippen LogP contribution in [0.1, 0.15) is 38.6 Å². The zero-order valence-electron chi connectivity index (χ0n) is 11.8. The maximum Gasteiger partial charge on any atom is 0.335 e. The van der Waals surface area contributed by atoms with E-state index in [1.807, 2.05) is 19.9 Å². The number of hydrogen-bond donors (Lipinski definition) is 2. The zero-order chi connectivity index (χ0) is 15.7. The van der Waals surface area contributed by atoms with Gasteiger partial charge in [0.25, 0.3) is 0 Å². The van der Waals surface area contributed by atoms with E-state index >= 15 is 0 Å². The molecule has 0 amide bonds. The van der Waals surface area contributed by atoms with Gasteiger partial charge < -0.3 is 10.4 Å². The van der Waals surface area contributed by atoms with Crippen molar-refractivity contribution >= 4 is 23.0 Å². The molecule has 21 heavy (non-hydrogen) atoms. The van der Waals surface area contributed by atoms with E-state index in [0.717, 1.165) is 27.5 Å². The lowest BCUT2D eigenvalue weighted by molar-refractivity contribution is 0.0696. The second kappa shape index (κ2) is 5.81. The van der Waals surface area contributed by atoms with Gasteiger partial charge in [0.1, 0.15) is 17.3 Å². The van der Waals surface area contributed by atoms with Crippen molar-refractivity contribution < 1.29 is 18.7 Å². The molecule has 2 aromatic rings. The third-order valence-corrected chi connectivity index (χ3v) is 4.18. The second-order valence-corrected chi connectivity index (χ2v) is 6.32. The molecule has 1 heterocycles. The van der Waals surface area contributed by atoms with Gasteiger partial charge in [-0.05, 0) is 44.5 Å². The Balaban J connectivity index is 2.31.